The molecule has 0 saturated carbocycles. The molecule has 2 aromatic heterocycles. The lowest BCUT2D eigenvalue weighted by molar-refractivity contribution is 0.470. The summed E-state index contributed by atoms with van der Waals surface area (Å²) in [5.41, 5.74) is 0.712. The molecule has 12 heteroatoms. The second-order valence-electron chi connectivity index (χ2n) is 6.54. The van der Waals surface area contributed by atoms with Gasteiger partial charge in [-0.25, -0.2) is 16.8 Å². The topological polar surface area (TPSA) is 96.4 Å². The van der Waals surface area contributed by atoms with Gasteiger partial charge < -0.3 is 0 Å². The number of benzene rings is 1. The third-order valence-corrected chi connectivity index (χ3v) is 12.0. The molecule has 0 spiro atoms. The lowest BCUT2D eigenvalue weighted by Gasteiger charge is -2.26. The molecule has 164 valence electrons. The Labute approximate surface area is 192 Å². The molecule has 3 heterocycles. The van der Waals surface area contributed by atoms with Crippen molar-refractivity contribution in [2.45, 2.75) is 9.10 Å². The maximum atomic E-state index is 12.8. The maximum absolute atomic E-state index is 12.8. The first kappa shape index (κ1) is 22.6. The Morgan fingerprint density at radius 2 is 1.81 bits per heavy atom. The number of rotatable bonds is 6. The number of halogens is 1. The zero-order valence-electron chi connectivity index (χ0n) is 16.0. The Morgan fingerprint density at radius 1 is 1.03 bits per heavy atom. The minimum Gasteiger partial charge on any atom is -0.255 e. The van der Waals surface area contributed by atoms with Gasteiger partial charge in [0.25, 0.3) is 10.0 Å². The molecule has 0 saturated heterocycles. The maximum Gasteiger partial charge on any atom is 0.258 e. The Hall–Kier alpha value is -1.60. The Kier molecular flexibility index (Phi) is 6.63. The van der Waals surface area contributed by atoms with Crippen molar-refractivity contribution in [3.05, 3.63) is 65.8 Å². The SMILES string of the molecule is O=S(=O)(NS1=CCN(S(=O)(=O)c2ccc(Cl)cc2)CC1)c1ccc(-c2ccccn2)s1. The zero-order valence-corrected chi connectivity index (χ0v) is 20.0. The molecule has 1 aliphatic heterocycles. The first-order chi connectivity index (χ1) is 14.8. The zero-order chi connectivity index (χ0) is 22.1. The van der Waals surface area contributed by atoms with Crippen LogP contribution in [-0.2, 0) is 20.0 Å². The number of hydrogen-bond acceptors (Lipinski definition) is 6. The molecule has 1 N–H and O–H groups in total. The molecule has 4 rings (SSSR count). The van der Waals surface area contributed by atoms with Crippen LogP contribution < -0.4 is 4.13 Å². The number of aromatic nitrogens is 1. The van der Waals surface area contributed by atoms with Crippen LogP contribution in [0.1, 0.15) is 0 Å². The highest BCUT2D eigenvalue weighted by Gasteiger charge is 2.27. The van der Waals surface area contributed by atoms with Crippen LogP contribution >= 0.6 is 33.6 Å². The van der Waals surface area contributed by atoms with Crippen LogP contribution in [0.25, 0.3) is 10.6 Å². The van der Waals surface area contributed by atoms with E-state index in [1.807, 2.05) is 12.1 Å². The van der Waals surface area contributed by atoms with Gasteiger partial charge in [0.15, 0.2) is 0 Å². The van der Waals surface area contributed by atoms with Gasteiger partial charge >= 0.3 is 0 Å². The standard InChI is InChI=1S/C19H18ClN3O4S4/c20-15-4-6-16(7-5-15)31(26,27)23-11-13-29(14-12-23)22-30(24,25)19-9-8-18(28-19)17-3-1-2-10-21-17/h1-10,13,22H,11-12,14H2. The first-order valence-electron chi connectivity index (χ1n) is 9.08. The smallest absolute Gasteiger partial charge is 0.255 e. The summed E-state index contributed by atoms with van der Waals surface area (Å²) in [4.78, 5) is 5.16. The van der Waals surface area contributed by atoms with E-state index in [2.05, 4.69) is 9.11 Å². The van der Waals surface area contributed by atoms with E-state index >= 15 is 0 Å². The van der Waals surface area contributed by atoms with Crippen LogP contribution in [0, 0.1) is 0 Å². The lowest BCUT2D eigenvalue weighted by atomic mass is 10.3. The average molecular weight is 516 g/mol. The number of nitrogens with one attached hydrogen (secondary N) is 1. The molecule has 1 aliphatic rings. The third-order valence-electron chi connectivity index (χ3n) is 4.47. The summed E-state index contributed by atoms with van der Waals surface area (Å²) in [6, 6.07) is 14.7. The number of hydrogen-bond donors (Lipinski definition) is 1. The van der Waals surface area contributed by atoms with Crippen molar-refractivity contribution in [3.63, 3.8) is 0 Å². The molecule has 31 heavy (non-hydrogen) atoms. The van der Waals surface area contributed by atoms with Gasteiger partial charge in [0.1, 0.15) is 4.21 Å². The van der Waals surface area contributed by atoms with Gasteiger partial charge in [0, 0.05) is 30.1 Å². The molecule has 0 amide bonds. The Balaban J connectivity index is 1.46. The summed E-state index contributed by atoms with van der Waals surface area (Å²) in [7, 11) is -8.14. The molecule has 1 unspecified atom stereocenters. The van der Waals surface area contributed by atoms with Crippen LogP contribution in [0.5, 0.6) is 0 Å². The minimum atomic E-state index is -3.72. The number of thiophene rings is 1. The molecule has 0 radical (unpaired) electrons. The number of sulfonamides is 2. The molecular weight excluding hydrogens is 498 g/mol. The highest BCUT2D eigenvalue weighted by atomic mass is 35.5. The fraction of sp³-hybridized carbons (Fsp3) is 0.158. The van der Waals surface area contributed by atoms with E-state index in [-0.39, 0.29) is 22.2 Å². The van der Waals surface area contributed by atoms with Gasteiger partial charge in [-0.15, -0.1) is 22.0 Å². The van der Waals surface area contributed by atoms with E-state index in [1.54, 1.807) is 29.8 Å². The monoisotopic (exact) mass is 515 g/mol. The van der Waals surface area contributed by atoms with Gasteiger partial charge in [-0.1, -0.05) is 17.7 Å². The fourth-order valence-electron chi connectivity index (χ4n) is 2.89. The minimum absolute atomic E-state index is 0.125. The van der Waals surface area contributed by atoms with Crippen LogP contribution in [0.2, 0.25) is 5.02 Å². The number of pyridine rings is 1. The summed E-state index contributed by atoms with van der Waals surface area (Å²) in [6.45, 7) is 0.344. The molecular formula is C19H18ClN3O4S4. The van der Waals surface area contributed by atoms with Crippen LogP contribution in [0.3, 0.4) is 0 Å². The van der Waals surface area contributed by atoms with Crippen molar-refractivity contribution in [3.8, 4) is 10.6 Å². The summed E-state index contributed by atoms with van der Waals surface area (Å²) in [5.74, 6) is 0.366. The quantitative estimate of drug-likeness (QED) is 0.507. The number of nitrogens with zero attached hydrogens (tertiary/aromatic N) is 2. The van der Waals surface area contributed by atoms with Gasteiger partial charge in [-0.3, -0.25) is 4.98 Å². The summed E-state index contributed by atoms with van der Waals surface area (Å²) in [5, 5.41) is 2.15. The molecule has 0 bridgehead atoms. The molecule has 1 aromatic carbocycles. The van der Waals surface area contributed by atoms with Crippen molar-refractivity contribution in [2.75, 3.05) is 18.8 Å². The van der Waals surface area contributed by atoms with E-state index in [0.29, 0.717) is 16.5 Å². The predicted molar refractivity (Wildman–Crippen MR) is 127 cm³/mol. The lowest BCUT2D eigenvalue weighted by Crippen LogP contribution is -2.39. The predicted octanol–water partition coefficient (Wildman–Crippen LogP) is 3.43. The summed E-state index contributed by atoms with van der Waals surface area (Å²) < 4.78 is 55.4. The van der Waals surface area contributed by atoms with E-state index in [0.717, 1.165) is 16.2 Å². The summed E-state index contributed by atoms with van der Waals surface area (Å²) in [6.07, 6.45) is 1.66. The van der Waals surface area contributed by atoms with Crippen molar-refractivity contribution in [2.24, 2.45) is 0 Å². The van der Waals surface area contributed by atoms with E-state index in [1.165, 1.54) is 28.6 Å². The van der Waals surface area contributed by atoms with E-state index in [9.17, 15) is 16.8 Å². The van der Waals surface area contributed by atoms with Crippen molar-refractivity contribution in [1.29, 1.82) is 0 Å². The highest BCUT2D eigenvalue weighted by Crippen LogP contribution is 2.31. The fourth-order valence-corrected chi connectivity index (χ4v) is 9.59. The van der Waals surface area contributed by atoms with Crippen molar-refractivity contribution < 1.29 is 16.8 Å². The largest absolute Gasteiger partial charge is 0.258 e. The second-order valence-corrected chi connectivity index (χ2v) is 14.0. The highest BCUT2D eigenvalue weighted by molar-refractivity contribution is 8.20. The summed E-state index contributed by atoms with van der Waals surface area (Å²) >= 11 is 6.98. The van der Waals surface area contributed by atoms with Crippen LogP contribution in [0.4, 0.5) is 0 Å². The average Bonchev–Trinajstić information content (AvgIpc) is 3.26. The van der Waals surface area contributed by atoms with Crippen LogP contribution in [-0.4, -0.2) is 50.3 Å². The third kappa shape index (κ3) is 5.08. The van der Waals surface area contributed by atoms with E-state index in [4.69, 9.17) is 11.6 Å². The Morgan fingerprint density at radius 3 is 2.45 bits per heavy atom. The first-order valence-corrected chi connectivity index (χ1v) is 14.7. The van der Waals surface area contributed by atoms with Crippen LogP contribution in [0.15, 0.2) is 69.9 Å². The molecule has 3 aromatic rings. The molecule has 7 nitrogen and oxygen atoms in total. The van der Waals surface area contributed by atoms with Gasteiger partial charge in [0.2, 0.25) is 10.0 Å². The van der Waals surface area contributed by atoms with Gasteiger partial charge in [-0.2, -0.15) is 8.43 Å². The van der Waals surface area contributed by atoms with Gasteiger partial charge in [0.05, 0.1) is 15.5 Å². The van der Waals surface area contributed by atoms with Crippen molar-refractivity contribution >= 4 is 59.0 Å². The normalized spacial score (nSPS) is 17.9. The molecule has 1 atom stereocenters. The molecule has 0 aliphatic carbocycles. The van der Waals surface area contributed by atoms with Gasteiger partial charge in [-0.05, 0) is 53.9 Å². The Bertz CT molecular complexity index is 1320. The van der Waals surface area contributed by atoms with E-state index < -0.39 is 30.7 Å². The second kappa shape index (κ2) is 9.10. The molecule has 0 fully saturated rings. The van der Waals surface area contributed by atoms with Crippen molar-refractivity contribution in [1.82, 2.24) is 13.4 Å².